The van der Waals surface area contributed by atoms with Crippen LogP contribution in [0.2, 0.25) is 0 Å². The Hall–Kier alpha value is -1.28. The molecule has 1 atom stereocenters. The molecule has 0 bridgehead atoms. The third kappa shape index (κ3) is 2.12. The first-order valence-corrected chi connectivity index (χ1v) is 5.90. The van der Waals surface area contributed by atoms with Gasteiger partial charge in [0.2, 0.25) is 0 Å². The number of benzene rings is 1. The SMILES string of the molecule is CC(CCl)Cn1ccc2ccccc2c1=O. The van der Waals surface area contributed by atoms with Crippen molar-refractivity contribution in [3.63, 3.8) is 0 Å². The van der Waals surface area contributed by atoms with Crippen molar-refractivity contribution in [3.05, 3.63) is 46.9 Å². The third-order valence-corrected chi connectivity index (χ3v) is 3.18. The van der Waals surface area contributed by atoms with Crippen LogP contribution in [0.5, 0.6) is 0 Å². The second kappa shape index (κ2) is 4.71. The van der Waals surface area contributed by atoms with E-state index in [9.17, 15) is 4.79 Å². The Morgan fingerprint density at radius 2 is 2.06 bits per heavy atom. The molecule has 0 amide bonds. The highest BCUT2D eigenvalue weighted by Gasteiger charge is 2.05. The van der Waals surface area contributed by atoms with E-state index in [0.717, 1.165) is 10.8 Å². The lowest BCUT2D eigenvalue weighted by atomic mass is 10.1. The summed E-state index contributed by atoms with van der Waals surface area (Å²) in [5.74, 6) is 0.875. The van der Waals surface area contributed by atoms with Crippen LogP contribution in [0.3, 0.4) is 0 Å². The minimum atomic E-state index is 0.0649. The van der Waals surface area contributed by atoms with E-state index in [0.29, 0.717) is 18.3 Å². The van der Waals surface area contributed by atoms with E-state index in [1.54, 1.807) is 4.57 Å². The standard InChI is InChI=1S/C13H14ClNO/c1-10(8-14)9-15-7-6-11-4-2-3-5-12(11)13(15)16/h2-7,10H,8-9H2,1H3. The zero-order chi connectivity index (χ0) is 11.5. The number of pyridine rings is 1. The number of halogens is 1. The van der Waals surface area contributed by atoms with Crippen LogP contribution in [0.1, 0.15) is 6.92 Å². The summed E-state index contributed by atoms with van der Waals surface area (Å²) >= 11 is 5.76. The lowest BCUT2D eigenvalue weighted by Gasteiger charge is -2.10. The molecule has 0 aliphatic heterocycles. The molecule has 0 saturated carbocycles. The summed E-state index contributed by atoms with van der Waals surface area (Å²) in [5.41, 5.74) is 0.0649. The molecule has 1 aromatic heterocycles. The van der Waals surface area contributed by atoms with Gasteiger partial charge in [-0.05, 0) is 23.4 Å². The number of aromatic nitrogens is 1. The lowest BCUT2D eigenvalue weighted by molar-refractivity contribution is 0.518. The van der Waals surface area contributed by atoms with E-state index in [1.807, 2.05) is 43.5 Å². The molecule has 0 radical (unpaired) electrons. The first kappa shape index (κ1) is 11.2. The van der Waals surface area contributed by atoms with Crippen LogP contribution in [0, 0.1) is 5.92 Å². The smallest absolute Gasteiger partial charge is 0.258 e. The van der Waals surface area contributed by atoms with Crippen molar-refractivity contribution in [2.45, 2.75) is 13.5 Å². The van der Waals surface area contributed by atoms with Crippen LogP contribution >= 0.6 is 11.6 Å². The Kier molecular flexibility index (Phi) is 3.30. The van der Waals surface area contributed by atoms with Gasteiger partial charge in [0, 0.05) is 24.0 Å². The van der Waals surface area contributed by atoms with E-state index >= 15 is 0 Å². The minimum absolute atomic E-state index is 0.0649. The van der Waals surface area contributed by atoms with Crippen molar-refractivity contribution in [3.8, 4) is 0 Å². The predicted molar refractivity (Wildman–Crippen MR) is 68.1 cm³/mol. The van der Waals surface area contributed by atoms with E-state index < -0.39 is 0 Å². The Balaban J connectivity index is 2.49. The van der Waals surface area contributed by atoms with E-state index in [2.05, 4.69) is 0 Å². The summed E-state index contributed by atoms with van der Waals surface area (Å²) in [6.07, 6.45) is 1.84. The normalized spacial score (nSPS) is 12.9. The monoisotopic (exact) mass is 235 g/mol. The zero-order valence-electron chi connectivity index (χ0n) is 9.19. The summed E-state index contributed by atoms with van der Waals surface area (Å²) in [4.78, 5) is 12.1. The molecule has 1 heterocycles. The van der Waals surface area contributed by atoms with Gasteiger partial charge in [-0.3, -0.25) is 4.79 Å². The molecule has 2 aromatic rings. The molecule has 84 valence electrons. The summed E-state index contributed by atoms with van der Waals surface area (Å²) in [5, 5.41) is 1.76. The van der Waals surface area contributed by atoms with Crippen molar-refractivity contribution in [2.24, 2.45) is 5.92 Å². The highest BCUT2D eigenvalue weighted by molar-refractivity contribution is 6.18. The first-order valence-electron chi connectivity index (χ1n) is 5.36. The molecule has 2 rings (SSSR count). The number of nitrogens with zero attached hydrogens (tertiary/aromatic N) is 1. The summed E-state index contributed by atoms with van der Waals surface area (Å²) in [6.45, 7) is 2.71. The second-order valence-electron chi connectivity index (χ2n) is 4.12. The van der Waals surface area contributed by atoms with Gasteiger partial charge in [-0.25, -0.2) is 0 Å². The maximum Gasteiger partial charge on any atom is 0.258 e. The molecule has 0 aliphatic carbocycles. The van der Waals surface area contributed by atoms with Crippen LogP contribution in [0.4, 0.5) is 0 Å². The van der Waals surface area contributed by atoms with Crippen molar-refractivity contribution in [1.29, 1.82) is 0 Å². The van der Waals surface area contributed by atoms with Gasteiger partial charge in [-0.1, -0.05) is 25.1 Å². The van der Waals surface area contributed by atoms with Gasteiger partial charge in [-0.15, -0.1) is 11.6 Å². The van der Waals surface area contributed by atoms with E-state index in [1.165, 1.54) is 0 Å². The van der Waals surface area contributed by atoms with Crippen molar-refractivity contribution < 1.29 is 0 Å². The Labute approximate surface area is 99.5 Å². The van der Waals surface area contributed by atoms with E-state index in [-0.39, 0.29) is 5.56 Å². The molecular weight excluding hydrogens is 222 g/mol. The van der Waals surface area contributed by atoms with E-state index in [4.69, 9.17) is 11.6 Å². The van der Waals surface area contributed by atoms with Crippen LogP contribution < -0.4 is 5.56 Å². The topological polar surface area (TPSA) is 22.0 Å². The van der Waals surface area contributed by atoms with Crippen molar-refractivity contribution in [2.75, 3.05) is 5.88 Å². The zero-order valence-corrected chi connectivity index (χ0v) is 9.95. The van der Waals surface area contributed by atoms with Crippen LogP contribution in [-0.4, -0.2) is 10.4 Å². The number of rotatable bonds is 3. The minimum Gasteiger partial charge on any atom is -0.315 e. The highest BCUT2D eigenvalue weighted by atomic mass is 35.5. The molecule has 0 saturated heterocycles. The molecule has 2 nitrogen and oxygen atoms in total. The Bertz CT molecular complexity index is 547. The lowest BCUT2D eigenvalue weighted by Crippen LogP contribution is -2.23. The molecule has 0 spiro atoms. The number of fused-ring (bicyclic) bond motifs is 1. The molecular formula is C13H14ClNO. The maximum absolute atomic E-state index is 12.1. The first-order chi connectivity index (χ1) is 7.72. The molecule has 0 fully saturated rings. The third-order valence-electron chi connectivity index (χ3n) is 2.66. The number of alkyl halides is 1. The molecule has 0 aliphatic rings. The summed E-state index contributed by atoms with van der Waals surface area (Å²) in [7, 11) is 0. The largest absolute Gasteiger partial charge is 0.315 e. The predicted octanol–water partition coefficient (Wildman–Crippen LogP) is 2.88. The Morgan fingerprint density at radius 1 is 1.31 bits per heavy atom. The van der Waals surface area contributed by atoms with Gasteiger partial charge in [0.15, 0.2) is 0 Å². The highest BCUT2D eigenvalue weighted by Crippen LogP contribution is 2.09. The average molecular weight is 236 g/mol. The van der Waals surface area contributed by atoms with Gasteiger partial charge < -0.3 is 4.57 Å². The quantitative estimate of drug-likeness (QED) is 0.750. The summed E-state index contributed by atoms with van der Waals surface area (Å²) < 4.78 is 1.73. The maximum atomic E-state index is 12.1. The number of hydrogen-bond donors (Lipinski definition) is 0. The molecule has 16 heavy (non-hydrogen) atoms. The van der Waals surface area contributed by atoms with Gasteiger partial charge in [-0.2, -0.15) is 0 Å². The number of hydrogen-bond acceptors (Lipinski definition) is 1. The van der Waals surface area contributed by atoms with Gasteiger partial charge in [0.1, 0.15) is 0 Å². The molecule has 3 heteroatoms. The second-order valence-corrected chi connectivity index (χ2v) is 4.43. The average Bonchev–Trinajstić information content (AvgIpc) is 2.33. The van der Waals surface area contributed by atoms with Crippen molar-refractivity contribution >= 4 is 22.4 Å². The van der Waals surface area contributed by atoms with Gasteiger partial charge in [0.05, 0.1) is 0 Å². The molecule has 1 aromatic carbocycles. The fourth-order valence-electron chi connectivity index (χ4n) is 1.76. The van der Waals surface area contributed by atoms with Crippen LogP contribution in [0.15, 0.2) is 41.3 Å². The molecule has 0 N–H and O–H groups in total. The Morgan fingerprint density at radius 3 is 2.81 bits per heavy atom. The molecule has 1 unspecified atom stereocenters. The van der Waals surface area contributed by atoms with Gasteiger partial charge in [0.25, 0.3) is 5.56 Å². The van der Waals surface area contributed by atoms with Crippen molar-refractivity contribution in [1.82, 2.24) is 4.57 Å². The fourth-order valence-corrected chi connectivity index (χ4v) is 1.86. The fraction of sp³-hybridized carbons (Fsp3) is 0.308. The van der Waals surface area contributed by atoms with Crippen LogP contribution in [0.25, 0.3) is 10.8 Å². The van der Waals surface area contributed by atoms with Crippen LogP contribution in [-0.2, 0) is 6.54 Å². The summed E-state index contributed by atoms with van der Waals surface area (Å²) in [6, 6.07) is 9.61. The van der Waals surface area contributed by atoms with Gasteiger partial charge >= 0.3 is 0 Å².